The van der Waals surface area contributed by atoms with E-state index in [4.69, 9.17) is 5.73 Å². The van der Waals surface area contributed by atoms with Gasteiger partial charge in [-0.1, -0.05) is 19.4 Å². The van der Waals surface area contributed by atoms with E-state index in [0.29, 0.717) is 6.04 Å². The molecule has 112 valence electrons. The van der Waals surface area contributed by atoms with Crippen molar-refractivity contribution in [1.82, 2.24) is 0 Å². The van der Waals surface area contributed by atoms with Crippen molar-refractivity contribution < 1.29 is 4.39 Å². The Labute approximate surface area is 122 Å². The minimum atomic E-state index is -0.0915. The Hall–Kier alpha value is -1.09. The van der Waals surface area contributed by atoms with Crippen molar-refractivity contribution in [1.29, 1.82) is 0 Å². The lowest BCUT2D eigenvalue weighted by atomic mass is 9.97. The minimum Gasteiger partial charge on any atom is -0.366 e. The molecule has 1 fully saturated rings. The monoisotopic (exact) mass is 278 g/mol. The molecule has 2 atom stereocenters. The Morgan fingerprint density at radius 3 is 2.85 bits per heavy atom. The van der Waals surface area contributed by atoms with Gasteiger partial charge >= 0.3 is 0 Å². The second kappa shape index (κ2) is 7.07. The molecule has 2 unspecified atom stereocenters. The second-order valence-corrected chi connectivity index (χ2v) is 6.10. The summed E-state index contributed by atoms with van der Waals surface area (Å²) in [7, 11) is 0. The Bertz CT molecular complexity index is 429. The number of hydrogen-bond donors (Lipinski definition) is 1. The highest BCUT2D eigenvalue weighted by molar-refractivity contribution is 5.50. The molecule has 1 aromatic carbocycles. The zero-order valence-electron chi connectivity index (χ0n) is 12.7. The van der Waals surface area contributed by atoms with Crippen LogP contribution < -0.4 is 10.6 Å². The summed E-state index contributed by atoms with van der Waals surface area (Å²) in [5, 5.41) is 0. The van der Waals surface area contributed by atoms with Gasteiger partial charge in [0.05, 0.1) is 5.69 Å². The number of nitrogens with two attached hydrogens (primary N) is 1. The quantitative estimate of drug-likeness (QED) is 0.885. The van der Waals surface area contributed by atoms with Crippen molar-refractivity contribution in [3.05, 3.63) is 29.6 Å². The molecule has 0 aliphatic carbocycles. The Balaban J connectivity index is 2.18. The summed E-state index contributed by atoms with van der Waals surface area (Å²) in [6.07, 6.45) is 6.67. The van der Waals surface area contributed by atoms with Crippen LogP contribution in [0.25, 0.3) is 0 Å². The first-order valence-electron chi connectivity index (χ1n) is 7.92. The van der Waals surface area contributed by atoms with Crippen LogP contribution in [0.2, 0.25) is 0 Å². The highest BCUT2D eigenvalue weighted by Crippen LogP contribution is 2.30. The van der Waals surface area contributed by atoms with Crippen LogP contribution in [0.3, 0.4) is 0 Å². The predicted octanol–water partition coefficient (Wildman–Crippen LogP) is 3.87. The van der Waals surface area contributed by atoms with Gasteiger partial charge in [0.2, 0.25) is 0 Å². The molecule has 0 saturated carbocycles. The molecule has 0 spiro atoms. The van der Waals surface area contributed by atoms with Crippen molar-refractivity contribution in [2.45, 2.75) is 64.5 Å². The number of nitrogens with zero attached hydrogens (tertiary/aromatic N) is 1. The molecule has 3 heteroatoms. The van der Waals surface area contributed by atoms with E-state index < -0.39 is 0 Å². The van der Waals surface area contributed by atoms with Gasteiger partial charge in [-0.05, 0) is 56.7 Å². The van der Waals surface area contributed by atoms with Gasteiger partial charge in [0.25, 0.3) is 0 Å². The van der Waals surface area contributed by atoms with Crippen LogP contribution in [0.1, 0.15) is 51.5 Å². The lowest BCUT2D eigenvalue weighted by Gasteiger charge is -2.38. The van der Waals surface area contributed by atoms with E-state index in [2.05, 4.69) is 11.8 Å². The van der Waals surface area contributed by atoms with E-state index in [0.717, 1.165) is 37.1 Å². The Morgan fingerprint density at radius 1 is 1.40 bits per heavy atom. The van der Waals surface area contributed by atoms with E-state index in [1.165, 1.54) is 19.3 Å². The summed E-state index contributed by atoms with van der Waals surface area (Å²) < 4.78 is 14.4. The lowest BCUT2D eigenvalue weighted by molar-refractivity contribution is 0.429. The fourth-order valence-corrected chi connectivity index (χ4v) is 3.23. The number of benzene rings is 1. The van der Waals surface area contributed by atoms with Gasteiger partial charge in [-0.2, -0.15) is 0 Å². The second-order valence-electron chi connectivity index (χ2n) is 6.10. The summed E-state index contributed by atoms with van der Waals surface area (Å²) in [4.78, 5) is 2.28. The van der Waals surface area contributed by atoms with Crippen molar-refractivity contribution in [2.75, 3.05) is 11.4 Å². The molecular formula is C17H27FN2. The first kappa shape index (κ1) is 15.3. The van der Waals surface area contributed by atoms with Crippen molar-refractivity contribution in [2.24, 2.45) is 5.73 Å². The molecule has 0 radical (unpaired) electrons. The zero-order valence-corrected chi connectivity index (χ0v) is 12.7. The van der Waals surface area contributed by atoms with Crippen molar-refractivity contribution in [3.63, 3.8) is 0 Å². The van der Waals surface area contributed by atoms with Gasteiger partial charge < -0.3 is 10.6 Å². The highest BCUT2D eigenvalue weighted by Gasteiger charge is 2.24. The van der Waals surface area contributed by atoms with Gasteiger partial charge in [0.15, 0.2) is 0 Å². The summed E-state index contributed by atoms with van der Waals surface area (Å²) in [6.45, 7) is 5.14. The molecule has 1 heterocycles. The molecule has 2 rings (SSSR count). The first-order valence-corrected chi connectivity index (χ1v) is 7.92. The molecule has 1 saturated heterocycles. The molecule has 0 aromatic heterocycles. The number of piperidine rings is 1. The maximum Gasteiger partial charge on any atom is 0.146 e. The third-order valence-corrected chi connectivity index (χ3v) is 4.13. The third kappa shape index (κ3) is 3.72. The summed E-state index contributed by atoms with van der Waals surface area (Å²) in [5.74, 6) is -0.0915. The van der Waals surface area contributed by atoms with Crippen LogP contribution in [0, 0.1) is 5.82 Å². The minimum absolute atomic E-state index is 0.0723. The number of anilines is 1. The first-order chi connectivity index (χ1) is 9.61. The fraction of sp³-hybridized carbons (Fsp3) is 0.647. The van der Waals surface area contributed by atoms with E-state index in [9.17, 15) is 4.39 Å². The predicted molar refractivity (Wildman–Crippen MR) is 83.6 cm³/mol. The molecular weight excluding hydrogens is 251 g/mol. The summed E-state index contributed by atoms with van der Waals surface area (Å²) in [5.41, 5.74) is 7.55. The van der Waals surface area contributed by atoms with Crippen molar-refractivity contribution in [3.8, 4) is 0 Å². The molecule has 1 aromatic rings. The standard InChI is InChI=1S/C17H27FN2/c1-3-6-15-7-4-5-10-20(15)17-9-8-14(11-13(2)19)12-16(17)18/h8-9,12-13,15H,3-7,10-11,19H2,1-2H3. The Morgan fingerprint density at radius 2 is 2.20 bits per heavy atom. The average molecular weight is 278 g/mol. The van der Waals surface area contributed by atoms with Crippen LogP contribution in [0.15, 0.2) is 18.2 Å². The van der Waals surface area contributed by atoms with E-state index in [1.54, 1.807) is 6.07 Å². The summed E-state index contributed by atoms with van der Waals surface area (Å²) in [6, 6.07) is 6.21. The largest absolute Gasteiger partial charge is 0.366 e. The zero-order chi connectivity index (χ0) is 14.5. The van der Waals surface area contributed by atoms with E-state index in [-0.39, 0.29) is 11.9 Å². The smallest absolute Gasteiger partial charge is 0.146 e. The summed E-state index contributed by atoms with van der Waals surface area (Å²) >= 11 is 0. The number of hydrogen-bond acceptors (Lipinski definition) is 2. The van der Waals surface area contributed by atoms with Gasteiger partial charge in [-0.3, -0.25) is 0 Å². The highest BCUT2D eigenvalue weighted by atomic mass is 19.1. The van der Waals surface area contributed by atoms with Gasteiger partial charge in [0, 0.05) is 18.6 Å². The number of halogens is 1. The molecule has 2 nitrogen and oxygen atoms in total. The molecule has 0 amide bonds. The van der Waals surface area contributed by atoms with Crippen LogP contribution in [-0.4, -0.2) is 18.6 Å². The molecule has 20 heavy (non-hydrogen) atoms. The molecule has 2 N–H and O–H groups in total. The maximum absolute atomic E-state index is 14.4. The molecule has 1 aliphatic rings. The topological polar surface area (TPSA) is 29.3 Å². The third-order valence-electron chi connectivity index (χ3n) is 4.13. The molecule has 0 bridgehead atoms. The average Bonchev–Trinajstić information content (AvgIpc) is 2.40. The van der Waals surface area contributed by atoms with Gasteiger partial charge in [0.1, 0.15) is 5.82 Å². The van der Waals surface area contributed by atoms with Crippen LogP contribution >= 0.6 is 0 Å². The van der Waals surface area contributed by atoms with Crippen LogP contribution in [0.5, 0.6) is 0 Å². The molecule has 1 aliphatic heterocycles. The lowest BCUT2D eigenvalue weighted by Crippen LogP contribution is -2.40. The van der Waals surface area contributed by atoms with Crippen LogP contribution in [-0.2, 0) is 6.42 Å². The SMILES string of the molecule is CCCC1CCCCN1c1ccc(CC(C)N)cc1F. The Kier molecular flexibility index (Phi) is 5.41. The van der Waals surface area contributed by atoms with Crippen LogP contribution in [0.4, 0.5) is 10.1 Å². The number of rotatable bonds is 5. The normalized spacial score (nSPS) is 21.0. The maximum atomic E-state index is 14.4. The van der Waals surface area contributed by atoms with Gasteiger partial charge in [-0.15, -0.1) is 0 Å². The fourth-order valence-electron chi connectivity index (χ4n) is 3.23. The van der Waals surface area contributed by atoms with Crippen molar-refractivity contribution >= 4 is 5.69 Å². The van der Waals surface area contributed by atoms with Gasteiger partial charge in [-0.25, -0.2) is 4.39 Å². The van der Waals surface area contributed by atoms with E-state index in [1.807, 2.05) is 19.1 Å². The van der Waals surface area contributed by atoms with E-state index >= 15 is 0 Å².